The Morgan fingerprint density at radius 3 is 2.75 bits per heavy atom. The summed E-state index contributed by atoms with van der Waals surface area (Å²) in [5.74, 6) is -0.0343. The predicted molar refractivity (Wildman–Crippen MR) is 107 cm³/mol. The van der Waals surface area contributed by atoms with E-state index in [1.165, 1.54) is 23.5 Å². The van der Waals surface area contributed by atoms with Crippen molar-refractivity contribution >= 4 is 22.9 Å². The molecular formula is C21H16FN3O2S. The van der Waals surface area contributed by atoms with E-state index in [2.05, 4.69) is 15.5 Å². The van der Waals surface area contributed by atoms with Crippen molar-refractivity contribution < 1.29 is 13.7 Å². The maximum Gasteiger partial charge on any atom is 0.270 e. The number of thiophene rings is 1. The molecule has 0 spiro atoms. The fourth-order valence-corrected chi connectivity index (χ4v) is 3.48. The van der Waals surface area contributed by atoms with Gasteiger partial charge in [0, 0.05) is 11.1 Å². The van der Waals surface area contributed by atoms with Crippen LogP contribution in [0.5, 0.6) is 0 Å². The Balaban J connectivity index is 1.59. The first kappa shape index (κ1) is 18.1. The molecule has 5 nitrogen and oxygen atoms in total. The van der Waals surface area contributed by atoms with Crippen LogP contribution in [0.15, 0.2) is 58.4 Å². The summed E-state index contributed by atoms with van der Waals surface area (Å²) < 4.78 is 18.8. The second-order valence-corrected chi connectivity index (χ2v) is 7.27. The highest BCUT2D eigenvalue weighted by Gasteiger charge is 2.18. The molecule has 0 saturated carbocycles. The van der Waals surface area contributed by atoms with E-state index in [1.807, 2.05) is 31.4 Å². The average molecular weight is 393 g/mol. The number of carbonyl (C=O) groups excluding carboxylic acids is 1. The minimum Gasteiger partial charge on any atom is -0.333 e. The number of rotatable bonds is 4. The quantitative estimate of drug-likeness (QED) is 0.499. The van der Waals surface area contributed by atoms with E-state index in [1.54, 1.807) is 24.3 Å². The number of hydrogen-bond acceptors (Lipinski definition) is 5. The maximum atomic E-state index is 13.4. The molecule has 0 fully saturated rings. The zero-order valence-electron chi connectivity index (χ0n) is 15.2. The maximum absolute atomic E-state index is 13.4. The van der Waals surface area contributed by atoms with Gasteiger partial charge in [-0.25, -0.2) is 4.39 Å². The van der Waals surface area contributed by atoms with E-state index < -0.39 is 0 Å². The van der Waals surface area contributed by atoms with Gasteiger partial charge < -0.3 is 9.84 Å². The van der Waals surface area contributed by atoms with Crippen LogP contribution in [-0.2, 0) is 0 Å². The van der Waals surface area contributed by atoms with Gasteiger partial charge in [-0.15, -0.1) is 11.3 Å². The number of nitrogens with zero attached hydrogens (tertiary/aromatic N) is 2. The molecule has 4 rings (SSSR count). The molecule has 0 saturated heterocycles. The van der Waals surface area contributed by atoms with Gasteiger partial charge in [0.25, 0.3) is 11.8 Å². The second kappa shape index (κ2) is 7.36. The zero-order valence-corrected chi connectivity index (χ0v) is 16.0. The van der Waals surface area contributed by atoms with Crippen molar-refractivity contribution in [1.82, 2.24) is 10.1 Å². The van der Waals surface area contributed by atoms with Crippen molar-refractivity contribution in [3.8, 4) is 22.2 Å². The van der Waals surface area contributed by atoms with Crippen LogP contribution in [0.25, 0.3) is 22.2 Å². The molecule has 0 aliphatic heterocycles. The number of halogens is 1. The normalized spacial score (nSPS) is 10.8. The smallest absolute Gasteiger partial charge is 0.270 e. The number of nitrogens with one attached hydrogen (secondary N) is 1. The lowest BCUT2D eigenvalue weighted by atomic mass is 10.1. The molecule has 2 aromatic heterocycles. The van der Waals surface area contributed by atoms with E-state index in [-0.39, 0.29) is 23.4 Å². The third-order valence-corrected chi connectivity index (χ3v) is 5.29. The van der Waals surface area contributed by atoms with Gasteiger partial charge in [0.05, 0.1) is 5.69 Å². The van der Waals surface area contributed by atoms with Crippen LogP contribution in [0.3, 0.4) is 0 Å². The SMILES string of the molecule is Cc1ccc(C(=O)Nc2ccsc2-c2nc(-c3cccc(F)c3)no2)cc1C. The molecule has 4 aromatic rings. The lowest BCUT2D eigenvalue weighted by Gasteiger charge is -2.07. The third-order valence-electron chi connectivity index (χ3n) is 4.39. The molecular weight excluding hydrogens is 377 g/mol. The first-order valence-electron chi connectivity index (χ1n) is 8.57. The standard InChI is InChI=1S/C21H16FN3O2S/c1-12-6-7-15(10-13(12)2)20(26)23-17-8-9-28-18(17)21-24-19(25-27-21)14-4-3-5-16(22)11-14/h3-11H,1-2H3,(H,23,26). The Morgan fingerprint density at radius 2 is 1.96 bits per heavy atom. The molecule has 0 aliphatic rings. The lowest BCUT2D eigenvalue weighted by Crippen LogP contribution is -2.12. The molecule has 140 valence electrons. The zero-order chi connectivity index (χ0) is 19.7. The fraction of sp³-hybridized carbons (Fsp3) is 0.0952. The van der Waals surface area contributed by atoms with Gasteiger partial charge in [-0.1, -0.05) is 23.4 Å². The predicted octanol–water partition coefficient (Wildman–Crippen LogP) is 5.47. The molecule has 2 aromatic carbocycles. The molecule has 0 unspecified atom stereocenters. The molecule has 0 bridgehead atoms. The monoisotopic (exact) mass is 393 g/mol. The van der Waals surface area contributed by atoms with Gasteiger partial charge in [-0.3, -0.25) is 4.79 Å². The van der Waals surface area contributed by atoms with Gasteiger partial charge >= 0.3 is 0 Å². The Labute approximate surface area is 164 Å². The molecule has 28 heavy (non-hydrogen) atoms. The number of amides is 1. The van der Waals surface area contributed by atoms with E-state index in [0.717, 1.165) is 11.1 Å². The average Bonchev–Trinajstić information content (AvgIpc) is 3.33. The Morgan fingerprint density at radius 1 is 1.11 bits per heavy atom. The molecule has 0 atom stereocenters. The highest BCUT2D eigenvalue weighted by atomic mass is 32.1. The third kappa shape index (κ3) is 3.57. The molecule has 2 heterocycles. The van der Waals surface area contributed by atoms with Crippen molar-refractivity contribution in [1.29, 1.82) is 0 Å². The van der Waals surface area contributed by atoms with E-state index in [0.29, 0.717) is 21.7 Å². The van der Waals surface area contributed by atoms with Crippen LogP contribution in [0.1, 0.15) is 21.5 Å². The van der Waals surface area contributed by atoms with Gasteiger partial charge in [-0.05, 0) is 60.7 Å². The van der Waals surface area contributed by atoms with Crippen LogP contribution in [-0.4, -0.2) is 16.0 Å². The minimum absolute atomic E-state index is 0.215. The topological polar surface area (TPSA) is 68.0 Å². The summed E-state index contributed by atoms with van der Waals surface area (Å²) in [6.45, 7) is 3.97. The second-order valence-electron chi connectivity index (χ2n) is 6.35. The summed E-state index contributed by atoms with van der Waals surface area (Å²) in [6, 6.07) is 13.3. The van der Waals surface area contributed by atoms with Crippen LogP contribution < -0.4 is 5.32 Å². The first-order valence-corrected chi connectivity index (χ1v) is 9.45. The largest absolute Gasteiger partial charge is 0.333 e. The van der Waals surface area contributed by atoms with Crippen LogP contribution in [0, 0.1) is 19.7 Å². The van der Waals surface area contributed by atoms with Gasteiger partial charge in [-0.2, -0.15) is 4.98 Å². The number of benzene rings is 2. The lowest BCUT2D eigenvalue weighted by molar-refractivity contribution is 0.102. The molecule has 0 aliphatic carbocycles. The summed E-state index contributed by atoms with van der Waals surface area (Å²) >= 11 is 1.37. The molecule has 7 heteroatoms. The van der Waals surface area contributed by atoms with Gasteiger partial charge in [0.2, 0.25) is 5.82 Å². The summed E-state index contributed by atoms with van der Waals surface area (Å²) in [6.07, 6.45) is 0. The van der Waals surface area contributed by atoms with E-state index in [9.17, 15) is 9.18 Å². The summed E-state index contributed by atoms with van der Waals surface area (Å²) in [4.78, 5) is 17.6. The highest BCUT2D eigenvalue weighted by molar-refractivity contribution is 7.14. The van der Waals surface area contributed by atoms with Crippen molar-refractivity contribution in [2.24, 2.45) is 0 Å². The van der Waals surface area contributed by atoms with Crippen molar-refractivity contribution in [3.63, 3.8) is 0 Å². The number of carbonyl (C=O) groups is 1. The Kier molecular flexibility index (Phi) is 4.75. The van der Waals surface area contributed by atoms with E-state index >= 15 is 0 Å². The Hall–Kier alpha value is -3.32. The van der Waals surface area contributed by atoms with Crippen molar-refractivity contribution in [2.75, 3.05) is 5.32 Å². The van der Waals surface area contributed by atoms with Crippen LogP contribution in [0.4, 0.5) is 10.1 Å². The molecule has 1 N–H and O–H groups in total. The Bertz CT molecular complexity index is 1170. The molecule has 1 amide bonds. The highest BCUT2D eigenvalue weighted by Crippen LogP contribution is 2.34. The fourth-order valence-electron chi connectivity index (χ4n) is 2.71. The summed E-state index contributed by atoms with van der Waals surface area (Å²) in [5, 5.41) is 8.65. The number of hydrogen-bond donors (Lipinski definition) is 1. The molecule has 0 radical (unpaired) electrons. The van der Waals surface area contributed by atoms with Gasteiger partial charge in [0.1, 0.15) is 10.7 Å². The van der Waals surface area contributed by atoms with Crippen LogP contribution >= 0.6 is 11.3 Å². The minimum atomic E-state index is -0.374. The van der Waals surface area contributed by atoms with Gasteiger partial charge in [0.15, 0.2) is 0 Å². The van der Waals surface area contributed by atoms with E-state index in [4.69, 9.17) is 4.52 Å². The van der Waals surface area contributed by atoms with Crippen molar-refractivity contribution in [3.05, 3.63) is 76.4 Å². The summed E-state index contributed by atoms with van der Waals surface area (Å²) in [7, 11) is 0. The first-order chi connectivity index (χ1) is 13.5. The van der Waals surface area contributed by atoms with Crippen LogP contribution in [0.2, 0.25) is 0 Å². The number of aromatic nitrogens is 2. The number of anilines is 1. The number of aryl methyl sites for hydroxylation is 2. The summed E-state index contributed by atoms with van der Waals surface area (Å²) in [5.41, 5.74) is 3.86. The van der Waals surface area contributed by atoms with Crippen molar-refractivity contribution in [2.45, 2.75) is 13.8 Å².